The third-order valence-corrected chi connectivity index (χ3v) is 4.81. The largest absolute Gasteiger partial charge is 0.416 e. The van der Waals surface area contributed by atoms with Crippen molar-refractivity contribution in [2.45, 2.75) is 49.7 Å². The summed E-state index contributed by atoms with van der Waals surface area (Å²) < 4.78 is 5.73. The van der Waals surface area contributed by atoms with E-state index < -0.39 is 0 Å². The molecule has 1 fully saturated rings. The van der Waals surface area contributed by atoms with Gasteiger partial charge < -0.3 is 9.73 Å². The fraction of sp³-hybridized carbons (Fsp3) is 0.471. The first-order valence-corrected chi connectivity index (χ1v) is 9.11. The van der Waals surface area contributed by atoms with E-state index in [9.17, 15) is 4.79 Å². The van der Waals surface area contributed by atoms with Crippen molar-refractivity contribution in [2.75, 3.05) is 11.1 Å². The zero-order valence-corrected chi connectivity index (χ0v) is 13.8. The van der Waals surface area contributed by atoms with E-state index in [4.69, 9.17) is 4.42 Å². The summed E-state index contributed by atoms with van der Waals surface area (Å²) in [7, 11) is 0. The Morgan fingerprint density at radius 1 is 1.17 bits per heavy atom. The number of rotatable bonds is 6. The number of aromatic nitrogens is 2. The van der Waals surface area contributed by atoms with Crippen molar-refractivity contribution < 1.29 is 9.21 Å². The average molecular weight is 331 g/mol. The van der Waals surface area contributed by atoms with Gasteiger partial charge in [0.2, 0.25) is 11.8 Å². The van der Waals surface area contributed by atoms with Crippen molar-refractivity contribution in [3.63, 3.8) is 0 Å². The van der Waals surface area contributed by atoms with Gasteiger partial charge in [0.1, 0.15) is 0 Å². The number of hydrogen-bond acceptors (Lipinski definition) is 5. The normalized spacial score (nSPS) is 15.5. The molecule has 6 heteroatoms. The van der Waals surface area contributed by atoms with Crippen molar-refractivity contribution in [1.29, 1.82) is 0 Å². The number of anilines is 1. The molecule has 1 saturated carbocycles. The molecule has 1 aliphatic rings. The minimum atomic E-state index is -0.00396. The van der Waals surface area contributed by atoms with E-state index in [1.807, 2.05) is 30.3 Å². The van der Waals surface area contributed by atoms with Crippen LogP contribution in [0.25, 0.3) is 0 Å². The molecule has 1 heterocycles. The second kappa shape index (κ2) is 8.15. The van der Waals surface area contributed by atoms with Gasteiger partial charge in [0.25, 0.3) is 5.22 Å². The summed E-state index contributed by atoms with van der Waals surface area (Å²) in [5, 5.41) is 11.7. The zero-order valence-electron chi connectivity index (χ0n) is 13.0. The van der Waals surface area contributed by atoms with Crippen molar-refractivity contribution in [1.82, 2.24) is 10.2 Å². The van der Waals surface area contributed by atoms with E-state index in [1.165, 1.54) is 31.0 Å². The number of amides is 1. The first-order valence-electron chi connectivity index (χ1n) is 8.12. The second-order valence-corrected chi connectivity index (χ2v) is 6.80. The van der Waals surface area contributed by atoms with E-state index in [0.717, 1.165) is 24.4 Å². The van der Waals surface area contributed by atoms with Crippen LogP contribution in [0.3, 0.4) is 0 Å². The summed E-state index contributed by atoms with van der Waals surface area (Å²) in [5.41, 5.74) is 0.819. The average Bonchev–Trinajstić information content (AvgIpc) is 3.05. The quantitative estimate of drug-likeness (QED) is 0.802. The topological polar surface area (TPSA) is 68.0 Å². The van der Waals surface area contributed by atoms with Gasteiger partial charge in [0.05, 0.1) is 0 Å². The highest BCUT2D eigenvalue weighted by molar-refractivity contribution is 7.99. The third-order valence-electron chi connectivity index (χ3n) is 3.99. The van der Waals surface area contributed by atoms with E-state index in [2.05, 4.69) is 15.5 Å². The van der Waals surface area contributed by atoms with E-state index >= 15 is 0 Å². The summed E-state index contributed by atoms with van der Waals surface area (Å²) in [6.45, 7) is 0. The second-order valence-electron chi connectivity index (χ2n) is 5.75. The lowest BCUT2D eigenvalue weighted by Crippen LogP contribution is -2.11. The van der Waals surface area contributed by atoms with Crippen LogP contribution >= 0.6 is 11.8 Å². The Morgan fingerprint density at radius 2 is 1.96 bits per heavy atom. The Bertz CT molecular complexity index is 624. The summed E-state index contributed by atoms with van der Waals surface area (Å²) in [6.07, 6.45) is 6.51. The molecule has 0 radical (unpaired) electrons. The molecule has 0 unspecified atom stereocenters. The Hall–Kier alpha value is -1.82. The number of carbonyl (C=O) groups excluding carboxylic acids is 1. The molecular formula is C17H21N3O2S. The van der Waals surface area contributed by atoms with Gasteiger partial charge in [-0.3, -0.25) is 4.79 Å². The van der Waals surface area contributed by atoms with Gasteiger partial charge in [-0.15, -0.1) is 10.2 Å². The maximum atomic E-state index is 11.9. The van der Waals surface area contributed by atoms with Crippen LogP contribution < -0.4 is 5.32 Å². The van der Waals surface area contributed by atoms with Crippen LogP contribution in [0.1, 0.15) is 50.3 Å². The first kappa shape index (κ1) is 16.1. The molecule has 1 aliphatic carbocycles. The number of thioether (sulfide) groups is 1. The SMILES string of the molecule is O=C(CCSc1nnc(C2CCCCC2)o1)Nc1ccccc1. The highest BCUT2D eigenvalue weighted by Gasteiger charge is 2.21. The van der Waals surface area contributed by atoms with E-state index in [0.29, 0.717) is 23.3 Å². The van der Waals surface area contributed by atoms with Gasteiger partial charge in [-0.1, -0.05) is 49.2 Å². The Labute approximate surface area is 140 Å². The highest BCUT2D eigenvalue weighted by Crippen LogP contribution is 2.32. The number of nitrogens with zero attached hydrogens (tertiary/aromatic N) is 2. The summed E-state index contributed by atoms with van der Waals surface area (Å²) in [5.74, 6) is 1.81. The predicted octanol–water partition coefficient (Wildman–Crippen LogP) is 4.24. The lowest BCUT2D eigenvalue weighted by molar-refractivity contribution is -0.115. The number of para-hydroxylation sites is 1. The Morgan fingerprint density at radius 3 is 2.74 bits per heavy atom. The molecule has 0 saturated heterocycles. The van der Waals surface area contributed by atoms with Crippen molar-refractivity contribution >= 4 is 23.4 Å². The summed E-state index contributed by atoms with van der Waals surface area (Å²) in [4.78, 5) is 11.9. The van der Waals surface area contributed by atoms with E-state index in [1.54, 1.807) is 0 Å². The van der Waals surface area contributed by atoms with E-state index in [-0.39, 0.29) is 5.91 Å². The maximum Gasteiger partial charge on any atom is 0.276 e. The molecule has 0 atom stereocenters. The molecule has 0 bridgehead atoms. The molecule has 0 spiro atoms. The fourth-order valence-electron chi connectivity index (χ4n) is 2.77. The molecule has 2 aromatic rings. The van der Waals surface area contributed by atoms with Crippen molar-refractivity contribution in [3.8, 4) is 0 Å². The molecule has 1 amide bonds. The minimum Gasteiger partial charge on any atom is -0.416 e. The van der Waals surface area contributed by atoms with Gasteiger partial charge in [-0.05, 0) is 25.0 Å². The number of carbonyl (C=O) groups is 1. The van der Waals surface area contributed by atoms with Gasteiger partial charge in [0, 0.05) is 23.8 Å². The van der Waals surface area contributed by atoms with Crippen LogP contribution in [0, 0.1) is 0 Å². The smallest absolute Gasteiger partial charge is 0.276 e. The number of nitrogens with one attached hydrogen (secondary N) is 1. The molecule has 1 N–H and O–H groups in total. The Kier molecular flexibility index (Phi) is 5.69. The molecule has 3 rings (SSSR count). The van der Waals surface area contributed by atoms with Crippen LogP contribution in [0.15, 0.2) is 40.0 Å². The standard InChI is InChI=1S/C17H21N3O2S/c21-15(18-14-9-5-2-6-10-14)11-12-23-17-20-19-16(22-17)13-7-3-1-4-8-13/h2,5-6,9-10,13H,1,3-4,7-8,11-12H2,(H,18,21). The molecule has 0 aliphatic heterocycles. The molecule has 1 aromatic carbocycles. The van der Waals surface area contributed by atoms with Crippen LogP contribution in [0.4, 0.5) is 5.69 Å². The van der Waals surface area contributed by atoms with Gasteiger partial charge in [-0.25, -0.2) is 0 Å². The monoisotopic (exact) mass is 331 g/mol. The van der Waals surface area contributed by atoms with Crippen LogP contribution in [-0.2, 0) is 4.79 Å². The molecular weight excluding hydrogens is 310 g/mol. The van der Waals surface area contributed by atoms with Gasteiger partial charge in [0.15, 0.2) is 0 Å². The molecule has 23 heavy (non-hydrogen) atoms. The predicted molar refractivity (Wildman–Crippen MR) is 90.5 cm³/mol. The maximum absolute atomic E-state index is 11.9. The lowest BCUT2D eigenvalue weighted by Gasteiger charge is -2.17. The molecule has 1 aromatic heterocycles. The molecule has 122 valence electrons. The van der Waals surface area contributed by atoms with Gasteiger partial charge in [-0.2, -0.15) is 0 Å². The zero-order chi connectivity index (χ0) is 15.9. The van der Waals surface area contributed by atoms with Crippen LogP contribution in [0.2, 0.25) is 0 Å². The van der Waals surface area contributed by atoms with Crippen molar-refractivity contribution in [3.05, 3.63) is 36.2 Å². The number of benzene rings is 1. The summed E-state index contributed by atoms with van der Waals surface area (Å²) in [6, 6.07) is 9.47. The summed E-state index contributed by atoms with van der Waals surface area (Å²) >= 11 is 1.44. The van der Waals surface area contributed by atoms with Crippen molar-refractivity contribution in [2.24, 2.45) is 0 Å². The lowest BCUT2D eigenvalue weighted by atomic mass is 9.89. The number of hydrogen-bond donors (Lipinski definition) is 1. The third kappa shape index (κ3) is 4.82. The minimum absolute atomic E-state index is 0.00396. The fourth-order valence-corrected chi connectivity index (χ4v) is 3.47. The Balaban J connectivity index is 1.42. The van der Waals surface area contributed by atoms with Crippen LogP contribution in [0.5, 0.6) is 0 Å². The first-order chi connectivity index (χ1) is 11.3. The van der Waals surface area contributed by atoms with Gasteiger partial charge >= 0.3 is 0 Å². The highest BCUT2D eigenvalue weighted by atomic mass is 32.2. The molecule has 5 nitrogen and oxygen atoms in total. The van der Waals surface area contributed by atoms with Crippen LogP contribution in [-0.4, -0.2) is 21.9 Å².